The van der Waals surface area contributed by atoms with Crippen LogP contribution in [0.3, 0.4) is 0 Å². The van der Waals surface area contributed by atoms with Crippen molar-refractivity contribution in [1.29, 1.82) is 0 Å². The Balaban J connectivity index is 3.19. The molecular formula is C9H20BN2. The molecule has 0 heterocycles. The molecule has 0 aromatic heterocycles. The molecule has 1 unspecified atom stereocenters. The van der Waals surface area contributed by atoms with Crippen molar-refractivity contribution >= 4 is 7.41 Å². The molecule has 3 heteroatoms. The first-order valence-corrected chi connectivity index (χ1v) is 4.99. The van der Waals surface area contributed by atoms with E-state index in [1.807, 2.05) is 6.82 Å². The Morgan fingerprint density at radius 1 is 1.25 bits per heavy atom. The van der Waals surface area contributed by atoms with Gasteiger partial charge in [0.05, 0.1) is 6.04 Å². The first-order valence-electron chi connectivity index (χ1n) is 4.99. The van der Waals surface area contributed by atoms with Crippen LogP contribution in [-0.2, 0) is 0 Å². The van der Waals surface area contributed by atoms with Gasteiger partial charge < -0.3 is 0 Å². The van der Waals surface area contributed by atoms with Gasteiger partial charge in [-0.05, 0) is 13.3 Å². The fourth-order valence-electron chi connectivity index (χ4n) is 1.10. The summed E-state index contributed by atoms with van der Waals surface area (Å²) in [4.78, 5) is 0. The quantitative estimate of drug-likeness (QED) is 0.315. The first-order chi connectivity index (χ1) is 5.81. The molecule has 0 aliphatic carbocycles. The van der Waals surface area contributed by atoms with Crippen LogP contribution in [0.5, 0.6) is 0 Å². The molecular weight excluding hydrogens is 147 g/mol. The van der Waals surface area contributed by atoms with E-state index in [1.165, 1.54) is 32.1 Å². The van der Waals surface area contributed by atoms with Gasteiger partial charge in [-0.15, -0.1) is 0 Å². The highest BCUT2D eigenvalue weighted by Crippen LogP contribution is 2.07. The van der Waals surface area contributed by atoms with Crippen molar-refractivity contribution in [2.45, 2.75) is 58.8 Å². The normalized spacial score (nSPS) is 13.6. The summed E-state index contributed by atoms with van der Waals surface area (Å²) < 4.78 is 0. The van der Waals surface area contributed by atoms with E-state index >= 15 is 0 Å². The molecule has 12 heavy (non-hydrogen) atoms. The predicted octanol–water partition coefficient (Wildman–Crippen LogP) is 3.46. The standard InChI is InChI=1S/C9H20BN2/c1-4-5-6-7-8-9(2)11-12-10-3/h9H,4-8H2,1-3H3. The Kier molecular flexibility index (Phi) is 8.51. The number of rotatable bonds is 7. The van der Waals surface area contributed by atoms with Crippen molar-refractivity contribution in [3.8, 4) is 0 Å². The average Bonchev–Trinajstić information content (AvgIpc) is 2.09. The van der Waals surface area contributed by atoms with Gasteiger partial charge in [0.1, 0.15) is 0 Å². The summed E-state index contributed by atoms with van der Waals surface area (Å²) in [5.74, 6) is 0. The highest BCUT2D eigenvalue weighted by atomic mass is 15.1. The van der Waals surface area contributed by atoms with Crippen LogP contribution < -0.4 is 0 Å². The van der Waals surface area contributed by atoms with Crippen molar-refractivity contribution in [2.24, 2.45) is 10.1 Å². The number of nitrogens with zero attached hydrogens (tertiary/aromatic N) is 2. The van der Waals surface area contributed by atoms with Crippen LogP contribution >= 0.6 is 0 Å². The molecule has 0 aromatic carbocycles. The third-order valence-electron chi connectivity index (χ3n) is 1.85. The zero-order valence-corrected chi connectivity index (χ0v) is 8.58. The molecule has 0 spiro atoms. The van der Waals surface area contributed by atoms with Crippen LogP contribution in [0.1, 0.15) is 46.0 Å². The van der Waals surface area contributed by atoms with Gasteiger partial charge in [0.2, 0.25) is 0 Å². The van der Waals surface area contributed by atoms with Gasteiger partial charge in [-0.3, -0.25) is 5.03 Å². The predicted molar refractivity (Wildman–Crippen MR) is 54.7 cm³/mol. The maximum Gasteiger partial charge on any atom is 0.302 e. The Morgan fingerprint density at radius 3 is 2.58 bits per heavy atom. The summed E-state index contributed by atoms with van der Waals surface area (Å²) in [7, 11) is 1.74. The van der Waals surface area contributed by atoms with Gasteiger partial charge in [-0.25, -0.2) is 5.11 Å². The lowest BCUT2D eigenvalue weighted by Crippen LogP contribution is -1.96. The fourth-order valence-corrected chi connectivity index (χ4v) is 1.10. The van der Waals surface area contributed by atoms with Gasteiger partial charge >= 0.3 is 7.41 Å². The molecule has 0 N–H and O–H groups in total. The molecule has 69 valence electrons. The van der Waals surface area contributed by atoms with E-state index in [1.54, 1.807) is 7.41 Å². The Bertz CT molecular complexity index is 115. The summed E-state index contributed by atoms with van der Waals surface area (Å²) in [5.41, 5.74) is 0. The molecule has 0 rings (SSSR count). The van der Waals surface area contributed by atoms with E-state index < -0.39 is 0 Å². The monoisotopic (exact) mass is 167 g/mol. The van der Waals surface area contributed by atoms with Crippen molar-refractivity contribution < 1.29 is 0 Å². The third kappa shape index (κ3) is 7.77. The van der Waals surface area contributed by atoms with Crippen LogP contribution in [-0.4, -0.2) is 13.5 Å². The second-order valence-electron chi connectivity index (χ2n) is 3.19. The molecule has 1 atom stereocenters. The zero-order valence-electron chi connectivity index (χ0n) is 8.58. The molecule has 0 aromatic rings. The summed E-state index contributed by atoms with van der Waals surface area (Å²) in [6.45, 7) is 6.25. The molecule has 1 radical (unpaired) electrons. The molecule has 0 bridgehead atoms. The van der Waals surface area contributed by atoms with Gasteiger partial charge in [-0.1, -0.05) is 39.4 Å². The maximum absolute atomic E-state index is 4.11. The van der Waals surface area contributed by atoms with Gasteiger partial charge in [0.15, 0.2) is 0 Å². The molecule has 0 fully saturated rings. The molecule has 0 aliphatic heterocycles. The van der Waals surface area contributed by atoms with Crippen LogP contribution in [0, 0.1) is 0 Å². The number of hydrogen-bond acceptors (Lipinski definition) is 2. The van der Waals surface area contributed by atoms with E-state index in [2.05, 4.69) is 24.0 Å². The maximum atomic E-state index is 4.11. The van der Waals surface area contributed by atoms with Crippen LogP contribution in [0.15, 0.2) is 10.1 Å². The summed E-state index contributed by atoms with van der Waals surface area (Å²) in [6.07, 6.45) is 6.46. The largest absolute Gasteiger partial charge is 0.302 e. The lowest BCUT2D eigenvalue weighted by atomic mass is 10.0. The van der Waals surface area contributed by atoms with Crippen molar-refractivity contribution in [2.75, 3.05) is 0 Å². The minimum Gasteiger partial charge on any atom is -0.266 e. The van der Waals surface area contributed by atoms with E-state index in [0.717, 1.165) is 0 Å². The van der Waals surface area contributed by atoms with Crippen LogP contribution in [0.4, 0.5) is 0 Å². The highest BCUT2D eigenvalue weighted by Gasteiger charge is 1.97. The smallest absolute Gasteiger partial charge is 0.266 e. The van der Waals surface area contributed by atoms with E-state index in [-0.39, 0.29) is 0 Å². The van der Waals surface area contributed by atoms with Crippen LogP contribution in [0.2, 0.25) is 6.82 Å². The van der Waals surface area contributed by atoms with Gasteiger partial charge in [0, 0.05) is 0 Å². The van der Waals surface area contributed by atoms with Crippen LogP contribution in [0.25, 0.3) is 0 Å². The molecule has 0 aliphatic rings. The molecule has 0 saturated carbocycles. The van der Waals surface area contributed by atoms with E-state index in [4.69, 9.17) is 0 Å². The highest BCUT2D eigenvalue weighted by molar-refractivity contribution is 6.30. The Hall–Kier alpha value is -0.335. The van der Waals surface area contributed by atoms with Crippen molar-refractivity contribution in [1.82, 2.24) is 0 Å². The Labute approximate surface area is 77.1 Å². The summed E-state index contributed by atoms with van der Waals surface area (Å²) >= 11 is 0. The van der Waals surface area contributed by atoms with Crippen molar-refractivity contribution in [3.05, 3.63) is 0 Å². The number of unbranched alkanes of at least 4 members (excludes halogenated alkanes) is 3. The first kappa shape index (κ1) is 11.7. The van der Waals surface area contributed by atoms with E-state index in [0.29, 0.717) is 6.04 Å². The number of hydrogen-bond donors (Lipinski definition) is 0. The summed E-state index contributed by atoms with van der Waals surface area (Å²) in [6, 6.07) is 0.401. The third-order valence-corrected chi connectivity index (χ3v) is 1.85. The SMILES string of the molecule is C[B]N=NC(C)CCCCCC. The lowest BCUT2D eigenvalue weighted by Gasteiger charge is -2.03. The minimum absolute atomic E-state index is 0.401. The average molecular weight is 167 g/mol. The lowest BCUT2D eigenvalue weighted by molar-refractivity contribution is 0.565. The molecule has 0 saturated heterocycles. The zero-order chi connectivity index (χ0) is 9.23. The fraction of sp³-hybridized carbons (Fsp3) is 1.00. The van der Waals surface area contributed by atoms with Gasteiger partial charge in [0.25, 0.3) is 0 Å². The van der Waals surface area contributed by atoms with E-state index in [9.17, 15) is 0 Å². The van der Waals surface area contributed by atoms with Gasteiger partial charge in [-0.2, -0.15) is 0 Å². The molecule has 0 amide bonds. The minimum atomic E-state index is 0.401. The summed E-state index contributed by atoms with van der Waals surface area (Å²) in [5, 5.41) is 7.98. The Morgan fingerprint density at radius 2 is 2.00 bits per heavy atom. The van der Waals surface area contributed by atoms with Crippen molar-refractivity contribution in [3.63, 3.8) is 0 Å². The second-order valence-corrected chi connectivity index (χ2v) is 3.19. The topological polar surface area (TPSA) is 24.7 Å². The molecule has 2 nitrogen and oxygen atoms in total. The second kappa shape index (κ2) is 8.76.